The average molecular weight is 423 g/mol. The molecule has 0 saturated heterocycles. The highest BCUT2D eigenvalue weighted by Gasteiger charge is 2.58. The van der Waals surface area contributed by atoms with E-state index in [4.69, 9.17) is 19.6 Å². The minimum absolute atomic E-state index is 0.0907. The van der Waals surface area contributed by atoms with Gasteiger partial charge in [0, 0.05) is 13.0 Å². The van der Waals surface area contributed by atoms with Crippen molar-refractivity contribution in [1.82, 2.24) is 5.32 Å². The minimum Gasteiger partial charge on any atom is -0.368 e. The van der Waals surface area contributed by atoms with Gasteiger partial charge in [-0.15, -0.1) is 0 Å². The third-order valence-electron chi connectivity index (χ3n) is 3.98. The van der Waals surface area contributed by atoms with Crippen LogP contribution in [0.25, 0.3) is 0 Å². The molecular formula is C16H27NO8P2. The molecule has 1 aromatic rings. The Labute approximate surface area is 158 Å². The van der Waals surface area contributed by atoms with E-state index in [9.17, 15) is 19.0 Å². The third-order valence-corrected chi connectivity index (χ3v) is 7.85. The van der Waals surface area contributed by atoms with Crippen molar-refractivity contribution in [3.05, 3.63) is 35.4 Å². The molecule has 1 amide bonds. The lowest BCUT2D eigenvalue weighted by molar-refractivity contribution is -0.120. The van der Waals surface area contributed by atoms with E-state index >= 15 is 0 Å². The van der Waals surface area contributed by atoms with Gasteiger partial charge in [0.1, 0.15) is 0 Å². The summed E-state index contributed by atoms with van der Waals surface area (Å²) in [7, 11) is -10.9. The molecule has 0 aliphatic carbocycles. The molecule has 0 heterocycles. The summed E-state index contributed by atoms with van der Waals surface area (Å²) < 4.78 is 22.5. The summed E-state index contributed by atoms with van der Waals surface area (Å²) in [6.07, 6.45) is -0.0325. The van der Waals surface area contributed by atoms with Crippen LogP contribution in [0.1, 0.15) is 37.8 Å². The molecule has 1 rings (SSSR count). The Morgan fingerprint density at radius 1 is 1.04 bits per heavy atom. The Bertz CT molecular complexity index is 700. The highest BCUT2D eigenvalue weighted by Crippen LogP contribution is 2.69. The Hall–Kier alpha value is -1.05. The van der Waals surface area contributed by atoms with Gasteiger partial charge in [-0.2, -0.15) is 0 Å². The summed E-state index contributed by atoms with van der Waals surface area (Å²) >= 11 is 0. The van der Waals surface area contributed by atoms with Gasteiger partial charge in [-0.05, 0) is 29.9 Å². The zero-order valence-corrected chi connectivity index (χ0v) is 17.1. The number of nitrogens with one attached hydrogen (secondary N) is 1. The Morgan fingerprint density at radius 2 is 1.52 bits per heavy atom. The number of rotatable bonds is 10. The third kappa shape index (κ3) is 7.12. The molecule has 1 aromatic carbocycles. The van der Waals surface area contributed by atoms with Crippen LogP contribution >= 0.6 is 15.2 Å². The van der Waals surface area contributed by atoms with E-state index in [1.807, 2.05) is 24.3 Å². The van der Waals surface area contributed by atoms with Crippen molar-refractivity contribution in [2.75, 3.05) is 6.54 Å². The summed E-state index contributed by atoms with van der Waals surface area (Å²) in [5.74, 6) is 0.182. The first-order valence-corrected chi connectivity index (χ1v) is 11.7. The van der Waals surface area contributed by atoms with Crippen molar-refractivity contribution in [2.24, 2.45) is 5.92 Å². The maximum atomic E-state index is 11.9. The summed E-state index contributed by atoms with van der Waals surface area (Å²) in [6, 6.07) is 7.58. The Morgan fingerprint density at radius 3 is 1.96 bits per heavy atom. The zero-order chi connectivity index (χ0) is 20.9. The van der Waals surface area contributed by atoms with Crippen LogP contribution in [0.15, 0.2) is 24.3 Å². The Kier molecular flexibility index (Phi) is 8.38. The van der Waals surface area contributed by atoms with Gasteiger partial charge >= 0.3 is 15.2 Å². The first kappa shape index (κ1) is 24.0. The second-order valence-corrected chi connectivity index (χ2v) is 10.9. The second-order valence-electron chi connectivity index (χ2n) is 6.91. The highest BCUT2D eigenvalue weighted by molar-refractivity contribution is 7.72. The molecule has 6 N–H and O–H groups in total. The molecule has 0 radical (unpaired) electrons. The summed E-state index contributed by atoms with van der Waals surface area (Å²) in [5.41, 5.74) is 1.96. The molecule has 9 nitrogen and oxygen atoms in total. The highest BCUT2D eigenvalue weighted by atomic mass is 31.2. The zero-order valence-electron chi connectivity index (χ0n) is 15.3. The van der Waals surface area contributed by atoms with Crippen molar-refractivity contribution in [3.8, 4) is 0 Å². The van der Waals surface area contributed by atoms with E-state index in [0.717, 1.165) is 12.0 Å². The molecule has 0 atom stereocenters. The van der Waals surface area contributed by atoms with E-state index in [-0.39, 0.29) is 25.3 Å². The van der Waals surface area contributed by atoms with Crippen molar-refractivity contribution in [3.63, 3.8) is 0 Å². The molecule has 0 fully saturated rings. The molecular weight excluding hydrogens is 396 g/mol. The van der Waals surface area contributed by atoms with E-state index < -0.39 is 26.7 Å². The quantitative estimate of drug-likeness (QED) is 0.242. The van der Waals surface area contributed by atoms with Crippen molar-refractivity contribution < 1.29 is 38.6 Å². The first-order chi connectivity index (χ1) is 12.3. The maximum absolute atomic E-state index is 11.9. The normalized spacial score (nSPS) is 13.0. The number of benzene rings is 1. The molecule has 0 aliphatic heterocycles. The van der Waals surface area contributed by atoms with Crippen LogP contribution in [0.3, 0.4) is 0 Å². The summed E-state index contributed by atoms with van der Waals surface area (Å²) in [4.78, 5) is 48.0. The fourth-order valence-electron chi connectivity index (χ4n) is 2.53. The van der Waals surface area contributed by atoms with E-state index in [2.05, 4.69) is 19.2 Å². The van der Waals surface area contributed by atoms with Gasteiger partial charge in [0.2, 0.25) is 5.91 Å². The molecule has 27 heavy (non-hydrogen) atoms. The SMILES string of the molecule is CC(C)Cc1ccc(CC(=O)NCCCC(O)(P(=O)(O)O)P(=O)(O)O)cc1. The van der Waals surface area contributed by atoms with E-state index in [1.54, 1.807) is 0 Å². The average Bonchev–Trinajstić information content (AvgIpc) is 2.50. The van der Waals surface area contributed by atoms with Crippen LogP contribution in [-0.4, -0.2) is 42.2 Å². The molecule has 0 aromatic heterocycles. The van der Waals surface area contributed by atoms with Gasteiger partial charge in [-0.25, -0.2) is 0 Å². The monoisotopic (exact) mass is 423 g/mol. The van der Waals surface area contributed by atoms with Crippen LogP contribution < -0.4 is 5.32 Å². The van der Waals surface area contributed by atoms with Crippen LogP contribution in [0.4, 0.5) is 0 Å². The summed E-state index contributed by atoms with van der Waals surface area (Å²) in [6.45, 7) is 4.13. The van der Waals surface area contributed by atoms with Crippen molar-refractivity contribution >= 4 is 21.1 Å². The number of carbonyl (C=O) groups excluding carboxylic acids is 1. The van der Waals surface area contributed by atoms with Gasteiger partial charge in [0.05, 0.1) is 6.42 Å². The fourth-order valence-corrected chi connectivity index (χ4v) is 4.78. The minimum atomic E-state index is -5.46. The lowest BCUT2D eigenvalue weighted by Crippen LogP contribution is -2.31. The van der Waals surface area contributed by atoms with Gasteiger partial charge in [0.15, 0.2) is 0 Å². The first-order valence-electron chi connectivity index (χ1n) is 8.44. The van der Waals surface area contributed by atoms with E-state index in [1.165, 1.54) is 5.56 Å². The number of carbonyl (C=O) groups is 1. The number of hydrogen-bond donors (Lipinski definition) is 6. The van der Waals surface area contributed by atoms with Gasteiger partial charge in [-0.1, -0.05) is 38.1 Å². The van der Waals surface area contributed by atoms with Crippen LogP contribution in [0, 0.1) is 5.92 Å². The molecule has 0 saturated carbocycles. The van der Waals surface area contributed by atoms with Crippen LogP contribution in [0.2, 0.25) is 0 Å². The molecule has 0 spiro atoms. The van der Waals surface area contributed by atoms with Crippen LogP contribution in [-0.2, 0) is 26.8 Å². The molecule has 0 unspecified atom stereocenters. The topological polar surface area (TPSA) is 164 Å². The van der Waals surface area contributed by atoms with Crippen molar-refractivity contribution in [1.29, 1.82) is 0 Å². The maximum Gasteiger partial charge on any atom is 0.369 e. The Balaban J connectivity index is 2.51. The molecule has 0 bridgehead atoms. The largest absolute Gasteiger partial charge is 0.369 e. The molecule has 11 heteroatoms. The molecule has 0 aliphatic rings. The fraction of sp³-hybridized carbons (Fsp3) is 0.562. The van der Waals surface area contributed by atoms with Gasteiger partial charge < -0.3 is 30.0 Å². The number of hydrogen-bond acceptors (Lipinski definition) is 4. The van der Waals surface area contributed by atoms with Crippen LogP contribution in [0.5, 0.6) is 0 Å². The lowest BCUT2D eigenvalue weighted by Gasteiger charge is -2.29. The standard InChI is InChI=1S/C16H27NO8P2/c1-12(2)10-13-4-6-14(7-5-13)11-15(18)17-9-3-8-16(19,26(20,21)22)27(23,24)25/h4-7,12,19H,3,8-11H2,1-2H3,(H,17,18)(H2,20,21,22)(H2,23,24,25). The predicted molar refractivity (Wildman–Crippen MR) is 100.0 cm³/mol. The predicted octanol–water partition coefficient (Wildman–Crippen LogP) is 1.33. The molecule has 154 valence electrons. The van der Waals surface area contributed by atoms with Gasteiger partial charge in [-0.3, -0.25) is 13.9 Å². The number of amides is 1. The summed E-state index contributed by atoms with van der Waals surface area (Å²) in [5, 5.41) is 8.78. The second kappa shape index (κ2) is 9.43. The van der Waals surface area contributed by atoms with Crippen molar-refractivity contribution in [2.45, 2.75) is 44.6 Å². The number of aliphatic hydroxyl groups is 1. The lowest BCUT2D eigenvalue weighted by atomic mass is 10.0. The van der Waals surface area contributed by atoms with Gasteiger partial charge in [0.25, 0.3) is 5.08 Å². The smallest absolute Gasteiger partial charge is 0.368 e. The van der Waals surface area contributed by atoms with E-state index in [0.29, 0.717) is 5.92 Å².